The van der Waals surface area contributed by atoms with Gasteiger partial charge in [-0.3, -0.25) is 0 Å². The highest BCUT2D eigenvalue weighted by Gasteiger charge is 2.26. The minimum atomic E-state index is -1.03. The highest BCUT2D eigenvalue weighted by Crippen LogP contribution is 2.35. The Balaban J connectivity index is 1.53. The summed E-state index contributed by atoms with van der Waals surface area (Å²) in [6, 6.07) is 19.3. The minimum Gasteiger partial charge on any atom is -0.244 e. The molecule has 0 saturated carbocycles. The molecule has 130 valence electrons. The van der Waals surface area contributed by atoms with Crippen LogP contribution in [0.2, 0.25) is 0 Å². The van der Waals surface area contributed by atoms with Crippen LogP contribution in [0.1, 0.15) is 49.3 Å². The molecule has 2 aromatic carbocycles. The van der Waals surface area contributed by atoms with E-state index in [0.29, 0.717) is 12.8 Å². The van der Waals surface area contributed by atoms with Crippen molar-refractivity contribution in [3.63, 3.8) is 0 Å². The lowest BCUT2D eigenvalue weighted by molar-refractivity contribution is 0.176. The molecule has 3 rings (SSSR count). The van der Waals surface area contributed by atoms with Gasteiger partial charge in [0, 0.05) is 0 Å². The fourth-order valence-electron chi connectivity index (χ4n) is 3.38. The Morgan fingerprint density at radius 1 is 1.04 bits per heavy atom. The molecule has 0 N–H and O–H groups in total. The summed E-state index contributed by atoms with van der Waals surface area (Å²) in [7, 11) is 0. The normalized spacial score (nSPS) is 20.2. The number of hydrogen-bond acceptors (Lipinski definition) is 0. The van der Waals surface area contributed by atoms with Crippen LogP contribution in [0.25, 0.3) is 5.57 Å². The van der Waals surface area contributed by atoms with Gasteiger partial charge in [0.25, 0.3) is 0 Å². The first-order valence-corrected chi connectivity index (χ1v) is 9.20. The van der Waals surface area contributed by atoms with Crippen LogP contribution in [0, 0.1) is 0 Å². The number of halogens is 1. The lowest BCUT2D eigenvalue weighted by Gasteiger charge is -2.25. The van der Waals surface area contributed by atoms with Crippen molar-refractivity contribution < 1.29 is 4.39 Å². The summed E-state index contributed by atoms with van der Waals surface area (Å²) >= 11 is 0. The summed E-state index contributed by atoms with van der Waals surface area (Å²) in [5.74, 6) is 0. The predicted molar refractivity (Wildman–Crippen MR) is 105 cm³/mol. The van der Waals surface area contributed by atoms with Gasteiger partial charge in [-0.05, 0) is 67.7 Å². The third-order valence-electron chi connectivity index (χ3n) is 5.08. The third kappa shape index (κ3) is 5.16. The first kappa shape index (κ1) is 17.7. The monoisotopic (exact) mass is 334 g/mol. The van der Waals surface area contributed by atoms with Crippen LogP contribution in [0.3, 0.4) is 0 Å². The van der Waals surface area contributed by atoms with E-state index in [2.05, 4.69) is 61.2 Å². The molecule has 0 nitrogen and oxygen atoms in total. The Kier molecular flexibility index (Phi) is 5.53. The van der Waals surface area contributed by atoms with E-state index in [1.165, 1.54) is 27.8 Å². The number of benzene rings is 2. The molecular formula is C24H27F. The summed E-state index contributed by atoms with van der Waals surface area (Å²) in [6.45, 7) is 5.93. The first-order chi connectivity index (χ1) is 12.0. The summed E-state index contributed by atoms with van der Waals surface area (Å²) in [5, 5.41) is 0. The molecule has 2 aromatic rings. The van der Waals surface area contributed by atoms with Crippen LogP contribution in [0.15, 0.2) is 72.8 Å². The number of hydrogen-bond donors (Lipinski definition) is 0. The average Bonchev–Trinajstić information content (AvgIpc) is 2.61. The average molecular weight is 334 g/mol. The van der Waals surface area contributed by atoms with E-state index < -0.39 is 5.67 Å². The molecule has 0 bridgehead atoms. The Labute approximate surface area is 151 Å². The molecule has 0 spiro atoms. The minimum absolute atomic E-state index is 0.531. The molecule has 1 atom stereocenters. The SMILES string of the molecule is C=C(CCc1ccc(C2=CCC(C)(F)CC2)cc1)Cc1ccccc1. The predicted octanol–water partition coefficient (Wildman–Crippen LogP) is 6.71. The van der Waals surface area contributed by atoms with Gasteiger partial charge in [-0.15, -0.1) is 0 Å². The maximum atomic E-state index is 13.9. The van der Waals surface area contributed by atoms with Crippen LogP contribution in [-0.2, 0) is 12.8 Å². The molecule has 0 aliphatic heterocycles. The van der Waals surface area contributed by atoms with Crippen LogP contribution >= 0.6 is 0 Å². The van der Waals surface area contributed by atoms with Crippen LogP contribution < -0.4 is 0 Å². The maximum Gasteiger partial charge on any atom is 0.112 e. The zero-order chi connectivity index (χ0) is 17.7. The molecule has 0 heterocycles. The fourth-order valence-corrected chi connectivity index (χ4v) is 3.38. The smallest absolute Gasteiger partial charge is 0.112 e. The molecule has 1 aliphatic carbocycles. The number of rotatable bonds is 6. The quantitative estimate of drug-likeness (QED) is 0.515. The van der Waals surface area contributed by atoms with Crippen LogP contribution in [0.5, 0.6) is 0 Å². The highest BCUT2D eigenvalue weighted by atomic mass is 19.1. The largest absolute Gasteiger partial charge is 0.244 e. The molecule has 1 aliphatic rings. The Morgan fingerprint density at radius 2 is 1.76 bits per heavy atom. The van der Waals surface area contributed by atoms with Gasteiger partial charge in [-0.2, -0.15) is 0 Å². The van der Waals surface area contributed by atoms with Crippen molar-refractivity contribution in [1.29, 1.82) is 0 Å². The Morgan fingerprint density at radius 3 is 2.40 bits per heavy atom. The van der Waals surface area contributed by atoms with Gasteiger partial charge in [-0.1, -0.05) is 72.8 Å². The van der Waals surface area contributed by atoms with Crippen LogP contribution in [0.4, 0.5) is 4.39 Å². The lowest BCUT2D eigenvalue weighted by Crippen LogP contribution is -2.19. The summed E-state index contributed by atoms with van der Waals surface area (Å²) in [5.41, 5.74) is 5.43. The van der Waals surface area contributed by atoms with Gasteiger partial charge in [0.1, 0.15) is 5.67 Å². The second-order valence-electron chi connectivity index (χ2n) is 7.46. The molecule has 1 heteroatoms. The van der Waals surface area contributed by atoms with Crippen molar-refractivity contribution in [2.24, 2.45) is 0 Å². The van der Waals surface area contributed by atoms with E-state index >= 15 is 0 Å². The number of allylic oxidation sites excluding steroid dienone is 3. The van der Waals surface area contributed by atoms with E-state index in [0.717, 1.165) is 25.7 Å². The zero-order valence-electron chi connectivity index (χ0n) is 15.1. The second kappa shape index (κ2) is 7.82. The summed E-state index contributed by atoms with van der Waals surface area (Å²) in [4.78, 5) is 0. The molecule has 0 aromatic heterocycles. The van der Waals surface area contributed by atoms with Crippen molar-refractivity contribution in [3.05, 3.63) is 89.5 Å². The van der Waals surface area contributed by atoms with Gasteiger partial charge in [0.05, 0.1) is 0 Å². The molecule has 0 amide bonds. The zero-order valence-corrected chi connectivity index (χ0v) is 15.1. The first-order valence-electron chi connectivity index (χ1n) is 9.20. The molecule has 1 unspecified atom stereocenters. The Bertz CT molecular complexity index is 735. The third-order valence-corrected chi connectivity index (χ3v) is 5.08. The number of aryl methyl sites for hydroxylation is 1. The second-order valence-corrected chi connectivity index (χ2v) is 7.46. The molecule has 0 fully saturated rings. The summed E-state index contributed by atoms with van der Waals surface area (Å²) < 4.78 is 13.9. The molecule has 0 radical (unpaired) electrons. The van der Waals surface area contributed by atoms with Crippen molar-refractivity contribution in [3.8, 4) is 0 Å². The topological polar surface area (TPSA) is 0 Å². The van der Waals surface area contributed by atoms with E-state index in [-0.39, 0.29) is 0 Å². The standard InChI is InChI=1S/C24H27F/c1-19(18-21-6-4-3-5-7-21)8-9-20-10-12-22(13-11-20)23-14-16-24(2,25)17-15-23/h3-7,10-14H,1,8-9,15-18H2,2H3. The molecule has 0 saturated heterocycles. The van der Waals surface area contributed by atoms with E-state index in [9.17, 15) is 4.39 Å². The van der Waals surface area contributed by atoms with E-state index in [1.807, 2.05) is 6.07 Å². The van der Waals surface area contributed by atoms with Gasteiger partial charge in [0.2, 0.25) is 0 Å². The molecular weight excluding hydrogens is 307 g/mol. The van der Waals surface area contributed by atoms with Crippen LogP contribution in [-0.4, -0.2) is 5.67 Å². The lowest BCUT2D eigenvalue weighted by atomic mass is 9.85. The molecule has 25 heavy (non-hydrogen) atoms. The van der Waals surface area contributed by atoms with E-state index in [4.69, 9.17) is 0 Å². The maximum absolute atomic E-state index is 13.9. The van der Waals surface area contributed by atoms with Gasteiger partial charge >= 0.3 is 0 Å². The summed E-state index contributed by atoms with van der Waals surface area (Å²) in [6.07, 6.45) is 7.04. The Hall–Kier alpha value is -2.15. The van der Waals surface area contributed by atoms with Crippen molar-refractivity contribution >= 4 is 5.57 Å². The van der Waals surface area contributed by atoms with Crippen molar-refractivity contribution in [2.75, 3.05) is 0 Å². The van der Waals surface area contributed by atoms with Gasteiger partial charge in [0.15, 0.2) is 0 Å². The fraction of sp³-hybridized carbons (Fsp3) is 0.333. The highest BCUT2D eigenvalue weighted by molar-refractivity contribution is 5.66. The van der Waals surface area contributed by atoms with Gasteiger partial charge < -0.3 is 0 Å². The van der Waals surface area contributed by atoms with Crippen molar-refractivity contribution in [2.45, 2.75) is 51.1 Å². The number of alkyl halides is 1. The van der Waals surface area contributed by atoms with Crippen molar-refractivity contribution in [1.82, 2.24) is 0 Å². The van der Waals surface area contributed by atoms with Gasteiger partial charge in [-0.25, -0.2) is 4.39 Å². The van der Waals surface area contributed by atoms with E-state index in [1.54, 1.807) is 6.92 Å².